The molecule has 136 valence electrons. The third-order valence-corrected chi connectivity index (χ3v) is 4.79. The third-order valence-electron chi connectivity index (χ3n) is 4.21. The van der Waals surface area contributed by atoms with E-state index in [1.807, 2.05) is 0 Å². The van der Waals surface area contributed by atoms with Crippen molar-refractivity contribution in [3.05, 3.63) is 46.4 Å². The van der Waals surface area contributed by atoms with E-state index in [4.69, 9.17) is 0 Å². The summed E-state index contributed by atoms with van der Waals surface area (Å²) in [7, 11) is 0. The van der Waals surface area contributed by atoms with E-state index in [0.29, 0.717) is 28.3 Å². The molecular formula is C17H21BrClFN4O. The lowest BCUT2D eigenvalue weighted by atomic mass is 9.96. The van der Waals surface area contributed by atoms with Crippen molar-refractivity contribution in [1.29, 1.82) is 0 Å². The Labute approximate surface area is 160 Å². The van der Waals surface area contributed by atoms with E-state index >= 15 is 0 Å². The van der Waals surface area contributed by atoms with E-state index in [9.17, 15) is 9.18 Å². The maximum absolute atomic E-state index is 13.0. The Morgan fingerprint density at radius 1 is 1.40 bits per heavy atom. The van der Waals surface area contributed by atoms with E-state index in [2.05, 4.69) is 31.7 Å². The third kappa shape index (κ3) is 5.26. The maximum Gasteiger partial charge on any atom is 0.272 e. The van der Waals surface area contributed by atoms with Gasteiger partial charge in [0.25, 0.3) is 5.91 Å². The molecule has 0 aliphatic carbocycles. The molecule has 1 amide bonds. The molecule has 0 spiro atoms. The summed E-state index contributed by atoms with van der Waals surface area (Å²) in [5.74, 6) is 0.117. The molecule has 1 aromatic carbocycles. The van der Waals surface area contributed by atoms with Crippen molar-refractivity contribution in [2.45, 2.75) is 19.3 Å². The Kier molecular flexibility index (Phi) is 7.40. The zero-order chi connectivity index (χ0) is 16.9. The van der Waals surface area contributed by atoms with Crippen LogP contribution in [0.3, 0.4) is 0 Å². The summed E-state index contributed by atoms with van der Waals surface area (Å²) in [4.78, 5) is 12.3. The number of carbonyl (C=O) groups is 1. The first kappa shape index (κ1) is 19.9. The summed E-state index contributed by atoms with van der Waals surface area (Å²) in [6.07, 6.45) is 5.08. The first-order chi connectivity index (χ1) is 11.6. The average molecular weight is 432 g/mol. The van der Waals surface area contributed by atoms with E-state index < -0.39 is 0 Å². The second kappa shape index (κ2) is 9.31. The van der Waals surface area contributed by atoms with E-state index in [0.717, 1.165) is 19.5 Å². The molecule has 0 radical (unpaired) electrons. The molecule has 2 heterocycles. The lowest BCUT2D eigenvalue weighted by Crippen LogP contribution is -2.33. The highest BCUT2D eigenvalue weighted by atomic mass is 79.9. The summed E-state index contributed by atoms with van der Waals surface area (Å²) >= 11 is 3.37. The standard InChI is InChI=1S/C17H20BrFN4O.ClH/c18-15-11-23(14-5-3-13(19)4-6-14)22-16(15)17(24)21-9-7-12-2-1-8-20-10-12;/h3-6,11-12,20H,1-2,7-10H2,(H,21,24);1H. The van der Waals surface area contributed by atoms with Crippen LogP contribution in [0, 0.1) is 11.7 Å². The number of piperidine rings is 1. The molecule has 0 bridgehead atoms. The Morgan fingerprint density at radius 3 is 2.84 bits per heavy atom. The molecule has 2 aromatic rings. The van der Waals surface area contributed by atoms with Crippen molar-refractivity contribution in [3.63, 3.8) is 0 Å². The average Bonchev–Trinajstić information content (AvgIpc) is 2.98. The van der Waals surface area contributed by atoms with Gasteiger partial charge in [-0.3, -0.25) is 4.79 Å². The highest BCUT2D eigenvalue weighted by Crippen LogP contribution is 2.19. The second-order valence-corrected chi connectivity index (χ2v) is 6.86. The smallest absolute Gasteiger partial charge is 0.272 e. The highest BCUT2D eigenvalue weighted by Gasteiger charge is 2.17. The number of nitrogens with one attached hydrogen (secondary N) is 2. The van der Waals surface area contributed by atoms with E-state index in [-0.39, 0.29) is 24.1 Å². The van der Waals surface area contributed by atoms with Gasteiger partial charge in [-0.2, -0.15) is 5.10 Å². The number of carbonyl (C=O) groups excluding carboxylic acids is 1. The minimum atomic E-state index is -0.305. The van der Waals surface area contributed by atoms with Gasteiger partial charge >= 0.3 is 0 Å². The summed E-state index contributed by atoms with van der Waals surface area (Å²) in [5.41, 5.74) is 1.03. The van der Waals surface area contributed by atoms with Crippen LogP contribution >= 0.6 is 28.3 Å². The van der Waals surface area contributed by atoms with Crippen molar-refractivity contribution in [1.82, 2.24) is 20.4 Å². The largest absolute Gasteiger partial charge is 0.351 e. The Balaban J connectivity index is 0.00000225. The normalized spacial score (nSPS) is 17.0. The van der Waals surface area contributed by atoms with Gasteiger partial charge in [0.05, 0.1) is 10.2 Å². The molecule has 1 unspecified atom stereocenters. The molecule has 5 nitrogen and oxygen atoms in total. The number of rotatable bonds is 5. The number of benzene rings is 1. The fraction of sp³-hybridized carbons (Fsp3) is 0.412. The Bertz CT molecular complexity index is 701. The zero-order valence-electron chi connectivity index (χ0n) is 13.7. The lowest BCUT2D eigenvalue weighted by molar-refractivity contribution is 0.0944. The Hall–Kier alpha value is -1.44. The van der Waals surface area contributed by atoms with Crippen molar-refractivity contribution < 1.29 is 9.18 Å². The molecule has 1 aliphatic rings. The van der Waals surface area contributed by atoms with Gasteiger partial charge in [0.15, 0.2) is 5.69 Å². The number of nitrogens with zero attached hydrogens (tertiary/aromatic N) is 2. The molecule has 1 aromatic heterocycles. The van der Waals surface area contributed by atoms with Gasteiger partial charge in [-0.15, -0.1) is 12.4 Å². The van der Waals surface area contributed by atoms with Gasteiger partial charge in [-0.1, -0.05) is 0 Å². The molecule has 1 saturated heterocycles. The van der Waals surface area contributed by atoms with Gasteiger partial charge in [0.1, 0.15) is 5.82 Å². The molecule has 1 atom stereocenters. The molecule has 2 N–H and O–H groups in total. The van der Waals surface area contributed by atoms with Crippen LogP contribution in [0.2, 0.25) is 0 Å². The fourth-order valence-corrected chi connectivity index (χ4v) is 3.33. The minimum Gasteiger partial charge on any atom is -0.351 e. The molecule has 0 saturated carbocycles. The quantitative estimate of drug-likeness (QED) is 0.763. The van der Waals surface area contributed by atoms with Crippen molar-refractivity contribution in [3.8, 4) is 5.69 Å². The summed E-state index contributed by atoms with van der Waals surface area (Å²) in [6, 6.07) is 5.96. The van der Waals surface area contributed by atoms with Crippen LogP contribution in [0.5, 0.6) is 0 Å². The second-order valence-electron chi connectivity index (χ2n) is 6.00. The number of aromatic nitrogens is 2. The molecule has 1 fully saturated rings. The highest BCUT2D eigenvalue weighted by molar-refractivity contribution is 9.10. The lowest BCUT2D eigenvalue weighted by Gasteiger charge is -2.22. The number of hydrogen-bond acceptors (Lipinski definition) is 3. The van der Waals surface area contributed by atoms with Gasteiger partial charge in [-0.25, -0.2) is 9.07 Å². The van der Waals surface area contributed by atoms with Crippen LogP contribution in [0.15, 0.2) is 34.9 Å². The predicted molar refractivity (Wildman–Crippen MR) is 101 cm³/mol. The molecule has 8 heteroatoms. The summed E-state index contributed by atoms with van der Waals surface area (Å²) < 4.78 is 15.2. The maximum atomic E-state index is 13.0. The SMILES string of the molecule is Cl.O=C(NCCC1CCCNC1)c1nn(-c2ccc(F)cc2)cc1Br. The monoisotopic (exact) mass is 430 g/mol. The van der Waals surface area contributed by atoms with Gasteiger partial charge < -0.3 is 10.6 Å². The first-order valence-corrected chi connectivity index (χ1v) is 8.93. The van der Waals surface area contributed by atoms with Crippen LogP contribution in [0.1, 0.15) is 29.8 Å². The molecule has 25 heavy (non-hydrogen) atoms. The number of halogens is 3. The number of amides is 1. The van der Waals surface area contributed by atoms with Crippen molar-refractivity contribution in [2.75, 3.05) is 19.6 Å². The summed E-state index contributed by atoms with van der Waals surface area (Å²) in [5, 5.41) is 10.6. The minimum absolute atomic E-state index is 0. The van der Waals surface area contributed by atoms with Gasteiger partial charge in [0.2, 0.25) is 0 Å². The van der Waals surface area contributed by atoms with Crippen molar-refractivity contribution >= 4 is 34.2 Å². The molecule has 1 aliphatic heterocycles. The topological polar surface area (TPSA) is 59.0 Å². The van der Waals surface area contributed by atoms with Gasteiger partial charge in [0, 0.05) is 12.7 Å². The van der Waals surface area contributed by atoms with Crippen LogP contribution < -0.4 is 10.6 Å². The number of hydrogen-bond donors (Lipinski definition) is 2. The zero-order valence-corrected chi connectivity index (χ0v) is 16.1. The van der Waals surface area contributed by atoms with Crippen LogP contribution in [-0.4, -0.2) is 35.3 Å². The van der Waals surface area contributed by atoms with E-state index in [1.165, 1.54) is 25.0 Å². The first-order valence-electron chi connectivity index (χ1n) is 8.13. The van der Waals surface area contributed by atoms with Crippen LogP contribution in [0.4, 0.5) is 4.39 Å². The predicted octanol–water partition coefficient (Wildman–Crippen LogP) is 3.32. The Morgan fingerprint density at radius 2 is 2.16 bits per heavy atom. The van der Waals surface area contributed by atoms with Crippen LogP contribution in [-0.2, 0) is 0 Å². The van der Waals surface area contributed by atoms with E-state index in [1.54, 1.807) is 23.0 Å². The van der Waals surface area contributed by atoms with Gasteiger partial charge in [-0.05, 0) is 78.5 Å². The summed E-state index contributed by atoms with van der Waals surface area (Å²) in [6.45, 7) is 2.76. The van der Waals surface area contributed by atoms with Crippen molar-refractivity contribution in [2.24, 2.45) is 5.92 Å². The van der Waals surface area contributed by atoms with Crippen LogP contribution in [0.25, 0.3) is 5.69 Å². The molecule has 3 rings (SSSR count). The molecular weight excluding hydrogens is 411 g/mol. The fourth-order valence-electron chi connectivity index (χ4n) is 2.88.